The number of H-pyrrole nitrogens is 1. The molecule has 0 aliphatic rings. The molecule has 7 heteroatoms. The molecule has 0 radical (unpaired) electrons. The van der Waals surface area contributed by atoms with Crippen molar-refractivity contribution in [2.75, 3.05) is 0 Å². The van der Waals surface area contributed by atoms with Crippen molar-refractivity contribution in [1.29, 1.82) is 0 Å². The van der Waals surface area contributed by atoms with Crippen molar-refractivity contribution in [3.8, 4) is 0 Å². The van der Waals surface area contributed by atoms with Crippen LogP contribution in [0.1, 0.15) is 2.85 Å². The molecule has 0 aromatic carbocycles. The summed E-state index contributed by atoms with van der Waals surface area (Å²) in [6.07, 6.45) is 1.49. The molecule has 0 amide bonds. The predicted molar refractivity (Wildman–Crippen MR) is 54.6 cm³/mol. The number of rotatable bonds is 0. The Labute approximate surface area is 97.7 Å². The van der Waals surface area contributed by atoms with E-state index in [-0.39, 0.29) is 31.5 Å². The van der Waals surface area contributed by atoms with Crippen LogP contribution in [0.25, 0.3) is 11.2 Å². The third kappa shape index (κ3) is 1.38. The molecule has 2 heterocycles. The molecule has 0 spiro atoms. The first-order chi connectivity index (χ1) is 6.11. The van der Waals surface area contributed by atoms with Crippen molar-refractivity contribution in [1.82, 2.24) is 19.1 Å². The summed E-state index contributed by atoms with van der Waals surface area (Å²) in [6.45, 7) is 0. The van der Waals surface area contributed by atoms with Gasteiger partial charge >= 0.3 is 28.7 Å². The van der Waals surface area contributed by atoms with Crippen LogP contribution in [0.3, 0.4) is 0 Å². The molecule has 1 N–H and O–H groups in total. The normalized spacial score (nSPS) is 10.1. The average molecular weight is 206 g/mol. The van der Waals surface area contributed by atoms with E-state index in [2.05, 4.69) is 9.97 Å². The second-order valence-electron chi connectivity index (χ2n) is 2.85. The first kappa shape index (κ1) is 11.0. The van der Waals surface area contributed by atoms with E-state index in [1.54, 1.807) is 11.6 Å². The standard InChI is InChI=1S/C7H8N4O2.Mg.2H/c1-10-3-8-5-4(10)6(12)11(2)7(13)9-5;;;/h3H,1-2H3,(H,9,13);;;/q;+2;2*-1. The van der Waals surface area contributed by atoms with Crippen LogP contribution in [0.4, 0.5) is 0 Å². The Bertz CT molecular complexity index is 588. The number of fused-ring (bicyclic) bond motifs is 1. The molecule has 14 heavy (non-hydrogen) atoms. The van der Waals surface area contributed by atoms with Crippen LogP contribution in [0.15, 0.2) is 15.9 Å². The topological polar surface area (TPSA) is 72.7 Å². The van der Waals surface area contributed by atoms with Crippen molar-refractivity contribution in [3.63, 3.8) is 0 Å². The monoisotopic (exact) mass is 206 g/mol. The molecule has 2 aromatic rings. The Morgan fingerprint density at radius 1 is 1.43 bits per heavy atom. The summed E-state index contributed by atoms with van der Waals surface area (Å²) in [4.78, 5) is 29.0. The molecule has 72 valence electrons. The maximum Gasteiger partial charge on any atom is 2.00 e. The molecule has 0 fully saturated rings. The van der Waals surface area contributed by atoms with Gasteiger partial charge in [0.2, 0.25) is 0 Å². The third-order valence-electron chi connectivity index (χ3n) is 1.97. The molecule has 2 aromatic heterocycles. The van der Waals surface area contributed by atoms with Crippen LogP contribution in [-0.2, 0) is 14.1 Å². The molecule has 0 saturated carbocycles. The summed E-state index contributed by atoms with van der Waals surface area (Å²) in [5.41, 5.74) is -0.0485. The van der Waals surface area contributed by atoms with Crippen LogP contribution in [0.2, 0.25) is 0 Å². The van der Waals surface area contributed by atoms with Gasteiger partial charge in [-0.15, -0.1) is 0 Å². The van der Waals surface area contributed by atoms with Gasteiger partial charge in [0.1, 0.15) is 0 Å². The Morgan fingerprint density at radius 3 is 2.71 bits per heavy atom. The Hall–Kier alpha value is -1.08. The first-order valence-corrected chi connectivity index (χ1v) is 3.71. The van der Waals surface area contributed by atoms with E-state index in [9.17, 15) is 9.59 Å². The first-order valence-electron chi connectivity index (χ1n) is 3.71. The number of imidazole rings is 1. The smallest absolute Gasteiger partial charge is 1.00 e. The van der Waals surface area contributed by atoms with Gasteiger partial charge in [0.05, 0.1) is 6.33 Å². The minimum absolute atomic E-state index is 0. The summed E-state index contributed by atoms with van der Waals surface area (Å²) in [5, 5.41) is 0. The molecule has 2 rings (SSSR count). The van der Waals surface area contributed by atoms with Gasteiger partial charge in [-0.2, -0.15) is 0 Å². The minimum atomic E-state index is -0.448. The Balaban J connectivity index is 0. The summed E-state index contributed by atoms with van der Waals surface area (Å²) in [5.74, 6) is 0. The third-order valence-corrected chi connectivity index (χ3v) is 1.97. The second-order valence-corrected chi connectivity index (χ2v) is 2.85. The van der Waals surface area contributed by atoms with Crippen LogP contribution in [-0.4, -0.2) is 42.2 Å². The number of aromatic nitrogens is 4. The maximum atomic E-state index is 11.5. The Morgan fingerprint density at radius 2 is 2.07 bits per heavy atom. The van der Waals surface area contributed by atoms with E-state index < -0.39 is 5.69 Å². The quantitative estimate of drug-likeness (QED) is 0.551. The molecular weight excluding hydrogens is 196 g/mol. The molecule has 0 atom stereocenters. The number of hydrogen-bond donors (Lipinski definition) is 1. The van der Waals surface area contributed by atoms with Crippen molar-refractivity contribution in [2.24, 2.45) is 14.1 Å². The predicted octanol–water partition coefficient (Wildman–Crippen LogP) is -1.20. The van der Waals surface area contributed by atoms with Gasteiger partial charge in [0.25, 0.3) is 5.56 Å². The molecule has 0 unspecified atom stereocenters. The van der Waals surface area contributed by atoms with Gasteiger partial charge in [-0.3, -0.25) is 14.3 Å². The van der Waals surface area contributed by atoms with Gasteiger partial charge in [-0.05, 0) is 0 Å². The van der Waals surface area contributed by atoms with Crippen molar-refractivity contribution in [2.45, 2.75) is 0 Å². The number of aryl methyl sites for hydroxylation is 1. The van der Waals surface area contributed by atoms with E-state index in [4.69, 9.17) is 0 Å². The molecular formula is C7H10MgN4O2. The van der Waals surface area contributed by atoms with Crippen molar-refractivity contribution in [3.05, 3.63) is 27.2 Å². The second kappa shape index (κ2) is 3.58. The summed E-state index contributed by atoms with van der Waals surface area (Å²) < 4.78 is 2.59. The fourth-order valence-electron chi connectivity index (χ4n) is 1.21. The van der Waals surface area contributed by atoms with Crippen LogP contribution in [0.5, 0.6) is 0 Å². The zero-order chi connectivity index (χ0) is 9.59. The molecule has 6 nitrogen and oxygen atoms in total. The van der Waals surface area contributed by atoms with Gasteiger partial charge in [0, 0.05) is 14.1 Å². The summed E-state index contributed by atoms with van der Waals surface area (Å²) >= 11 is 0. The number of nitrogens with zero attached hydrogens (tertiary/aromatic N) is 3. The zero-order valence-electron chi connectivity index (χ0n) is 9.94. The van der Waals surface area contributed by atoms with E-state index in [0.717, 1.165) is 4.57 Å². The molecule has 0 aliphatic carbocycles. The van der Waals surface area contributed by atoms with Gasteiger partial charge in [0.15, 0.2) is 11.2 Å². The van der Waals surface area contributed by atoms with Gasteiger partial charge in [-0.25, -0.2) is 9.78 Å². The van der Waals surface area contributed by atoms with Gasteiger partial charge < -0.3 is 7.42 Å². The van der Waals surface area contributed by atoms with Gasteiger partial charge in [-0.1, -0.05) is 0 Å². The van der Waals surface area contributed by atoms with Crippen LogP contribution >= 0.6 is 0 Å². The molecule has 0 bridgehead atoms. The fraction of sp³-hybridized carbons (Fsp3) is 0.286. The fourth-order valence-corrected chi connectivity index (χ4v) is 1.21. The number of aromatic amines is 1. The van der Waals surface area contributed by atoms with E-state index in [1.165, 1.54) is 13.4 Å². The minimum Gasteiger partial charge on any atom is -1.00 e. The zero-order valence-corrected chi connectivity index (χ0v) is 9.36. The summed E-state index contributed by atoms with van der Waals surface area (Å²) in [7, 11) is 3.13. The maximum absolute atomic E-state index is 11.5. The van der Waals surface area contributed by atoms with Crippen LogP contribution in [0, 0.1) is 0 Å². The summed E-state index contributed by atoms with van der Waals surface area (Å²) in [6, 6.07) is 0. The van der Waals surface area contributed by atoms with Crippen LogP contribution < -0.4 is 11.2 Å². The van der Waals surface area contributed by atoms with Crippen molar-refractivity contribution < 1.29 is 2.85 Å². The molecule has 0 aliphatic heterocycles. The Kier molecular flexibility index (Phi) is 2.81. The average Bonchev–Trinajstić information content (AvgIpc) is 2.43. The number of nitrogens with one attached hydrogen (secondary N) is 1. The SMILES string of the molecule is Cn1c(=O)[nH]c2ncn(C)c2c1=O.[H-].[H-].[Mg+2]. The van der Waals surface area contributed by atoms with Crippen molar-refractivity contribution >= 4 is 34.2 Å². The van der Waals surface area contributed by atoms with E-state index in [0.29, 0.717) is 11.2 Å². The largest absolute Gasteiger partial charge is 2.00 e. The van der Waals surface area contributed by atoms with E-state index >= 15 is 0 Å². The molecule has 0 saturated heterocycles. The number of hydrogen-bond acceptors (Lipinski definition) is 3. The van der Waals surface area contributed by atoms with E-state index in [1.807, 2.05) is 0 Å².